The van der Waals surface area contributed by atoms with E-state index in [0.717, 1.165) is 12.0 Å². The Labute approximate surface area is 109 Å². The van der Waals surface area contributed by atoms with Crippen molar-refractivity contribution in [1.82, 2.24) is 4.90 Å². The number of hydrogen-bond donors (Lipinski definition) is 0. The van der Waals surface area contributed by atoms with Gasteiger partial charge in [0.15, 0.2) is 0 Å². The molecule has 3 nitrogen and oxygen atoms in total. The Kier molecular flexibility index (Phi) is 3.71. The van der Waals surface area contributed by atoms with Crippen LogP contribution in [0.3, 0.4) is 0 Å². The molecule has 1 atom stereocenters. The maximum Gasteiger partial charge on any atom is 0.230 e. The lowest BCUT2D eigenvalue weighted by Gasteiger charge is -2.31. The molecule has 0 aromatic heterocycles. The first-order chi connectivity index (χ1) is 8.56. The molecule has 0 bridgehead atoms. The highest BCUT2D eigenvalue weighted by Gasteiger charge is 2.37. The molecule has 1 aromatic carbocycles. The number of ether oxygens (including phenoxy) is 1. The van der Waals surface area contributed by atoms with Gasteiger partial charge in [-0.25, -0.2) is 0 Å². The predicted octanol–water partition coefficient (Wildman–Crippen LogP) is 2.98. The third kappa shape index (κ3) is 2.41. The summed E-state index contributed by atoms with van der Waals surface area (Å²) in [5, 5.41) is 0. The number of nitrogens with zero attached hydrogens (tertiary/aromatic N) is 1. The molecule has 1 unspecified atom stereocenters. The van der Waals surface area contributed by atoms with Crippen LogP contribution in [0.2, 0.25) is 0 Å². The van der Waals surface area contributed by atoms with Gasteiger partial charge in [-0.15, -0.1) is 0 Å². The van der Waals surface area contributed by atoms with E-state index in [-0.39, 0.29) is 17.4 Å². The van der Waals surface area contributed by atoms with Crippen molar-refractivity contribution >= 4 is 5.91 Å². The third-order valence-corrected chi connectivity index (χ3v) is 3.79. The standard InChI is InChI=1S/C15H21NO2/c1-4-15(2,3)14(17)16-11-18-10-13(16)12-8-6-5-7-9-12/h5-9,13H,4,10-11H2,1-3H3. The zero-order valence-corrected chi connectivity index (χ0v) is 11.3. The van der Waals surface area contributed by atoms with Gasteiger partial charge in [-0.3, -0.25) is 4.79 Å². The van der Waals surface area contributed by atoms with Crippen molar-refractivity contribution in [3.63, 3.8) is 0 Å². The minimum absolute atomic E-state index is 0.0597. The van der Waals surface area contributed by atoms with Crippen LogP contribution in [0.15, 0.2) is 30.3 Å². The van der Waals surface area contributed by atoms with Gasteiger partial charge in [-0.05, 0) is 12.0 Å². The van der Waals surface area contributed by atoms with Crippen LogP contribution in [0.5, 0.6) is 0 Å². The molecule has 0 saturated carbocycles. The molecule has 0 N–H and O–H groups in total. The zero-order valence-electron chi connectivity index (χ0n) is 11.3. The quantitative estimate of drug-likeness (QED) is 0.821. The summed E-state index contributed by atoms with van der Waals surface area (Å²) in [6, 6.07) is 10.2. The van der Waals surface area contributed by atoms with E-state index < -0.39 is 0 Å². The molecule has 1 saturated heterocycles. The number of carbonyl (C=O) groups is 1. The molecule has 1 aromatic rings. The van der Waals surface area contributed by atoms with E-state index in [9.17, 15) is 4.79 Å². The van der Waals surface area contributed by atoms with Crippen molar-refractivity contribution in [2.75, 3.05) is 13.3 Å². The summed E-state index contributed by atoms with van der Waals surface area (Å²) in [4.78, 5) is 14.4. The summed E-state index contributed by atoms with van der Waals surface area (Å²) in [5.41, 5.74) is 0.830. The topological polar surface area (TPSA) is 29.5 Å². The summed E-state index contributed by atoms with van der Waals surface area (Å²) < 4.78 is 5.49. The van der Waals surface area contributed by atoms with E-state index >= 15 is 0 Å². The van der Waals surface area contributed by atoms with Crippen LogP contribution in [0.25, 0.3) is 0 Å². The molecule has 0 radical (unpaired) electrons. The van der Waals surface area contributed by atoms with Gasteiger partial charge < -0.3 is 9.64 Å². The lowest BCUT2D eigenvalue weighted by atomic mass is 9.88. The van der Waals surface area contributed by atoms with Crippen molar-refractivity contribution in [2.24, 2.45) is 5.41 Å². The summed E-state index contributed by atoms with van der Waals surface area (Å²) in [7, 11) is 0. The molecule has 3 heteroatoms. The molecule has 1 fully saturated rings. The molecule has 2 rings (SSSR count). The van der Waals surface area contributed by atoms with Crippen molar-refractivity contribution in [1.29, 1.82) is 0 Å². The Bertz CT molecular complexity index is 414. The maximum atomic E-state index is 12.5. The minimum Gasteiger partial charge on any atom is -0.359 e. The van der Waals surface area contributed by atoms with Gasteiger partial charge in [0.2, 0.25) is 5.91 Å². The van der Waals surface area contributed by atoms with Crippen LogP contribution in [-0.2, 0) is 9.53 Å². The van der Waals surface area contributed by atoms with E-state index in [0.29, 0.717) is 13.3 Å². The molecule has 1 amide bonds. The Morgan fingerprint density at radius 3 is 2.67 bits per heavy atom. The van der Waals surface area contributed by atoms with Crippen molar-refractivity contribution < 1.29 is 9.53 Å². The summed E-state index contributed by atoms with van der Waals surface area (Å²) >= 11 is 0. The monoisotopic (exact) mass is 247 g/mol. The third-order valence-electron chi connectivity index (χ3n) is 3.79. The first-order valence-electron chi connectivity index (χ1n) is 6.50. The van der Waals surface area contributed by atoms with Crippen molar-refractivity contribution in [3.8, 4) is 0 Å². The molecular weight excluding hydrogens is 226 g/mol. The Morgan fingerprint density at radius 2 is 2.06 bits per heavy atom. The lowest BCUT2D eigenvalue weighted by Crippen LogP contribution is -2.40. The largest absolute Gasteiger partial charge is 0.359 e. The Morgan fingerprint density at radius 1 is 1.39 bits per heavy atom. The lowest BCUT2D eigenvalue weighted by molar-refractivity contribution is -0.142. The van der Waals surface area contributed by atoms with Gasteiger partial charge in [0.25, 0.3) is 0 Å². The van der Waals surface area contributed by atoms with Gasteiger partial charge >= 0.3 is 0 Å². The predicted molar refractivity (Wildman–Crippen MR) is 70.9 cm³/mol. The number of amides is 1. The van der Waals surface area contributed by atoms with Crippen LogP contribution in [-0.4, -0.2) is 24.1 Å². The average Bonchev–Trinajstić information content (AvgIpc) is 2.87. The van der Waals surface area contributed by atoms with E-state index in [1.54, 1.807) is 0 Å². The first kappa shape index (κ1) is 13.1. The van der Waals surface area contributed by atoms with E-state index in [1.165, 1.54) is 0 Å². The molecule has 1 aliphatic heterocycles. The van der Waals surface area contributed by atoms with Crippen LogP contribution >= 0.6 is 0 Å². The van der Waals surface area contributed by atoms with E-state index in [1.807, 2.05) is 43.9 Å². The van der Waals surface area contributed by atoms with Crippen LogP contribution in [0.1, 0.15) is 38.8 Å². The second-order valence-electron chi connectivity index (χ2n) is 5.44. The average molecular weight is 247 g/mol. The highest BCUT2D eigenvalue weighted by atomic mass is 16.5. The molecule has 1 heterocycles. The fourth-order valence-corrected chi connectivity index (χ4v) is 2.13. The Hall–Kier alpha value is -1.35. The van der Waals surface area contributed by atoms with Gasteiger partial charge in [-0.1, -0.05) is 51.1 Å². The van der Waals surface area contributed by atoms with Crippen molar-refractivity contribution in [2.45, 2.75) is 33.2 Å². The SMILES string of the molecule is CCC(C)(C)C(=O)N1COCC1c1ccccc1. The van der Waals surface area contributed by atoms with Gasteiger partial charge in [0.1, 0.15) is 6.73 Å². The maximum absolute atomic E-state index is 12.5. The van der Waals surface area contributed by atoms with Gasteiger partial charge in [0, 0.05) is 5.41 Å². The summed E-state index contributed by atoms with van der Waals surface area (Å²) in [6.45, 7) is 7.04. The first-order valence-corrected chi connectivity index (χ1v) is 6.50. The highest BCUT2D eigenvalue weighted by Crippen LogP contribution is 2.32. The Balaban J connectivity index is 2.21. The second-order valence-corrected chi connectivity index (χ2v) is 5.44. The number of carbonyl (C=O) groups excluding carboxylic acids is 1. The van der Waals surface area contributed by atoms with E-state index in [4.69, 9.17) is 4.74 Å². The normalized spacial score (nSPS) is 20.2. The molecule has 0 aliphatic carbocycles. The van der Waals surface area contributed by atoms with Crippen LogP contribution < -0.4 is 0 Å². The number of rotatable bonds is 3. The summed E-state index contributed by atoms with van der Waals surface area (Å²) in [6.07, 6.45) is 0.837. The molecule has 1 aliphatic rings. The number of benzene rings is 1. The van der Waals surface area contributed by atoms with Gasteiger partial charge in [-0.2, -0.15) is 0 Å². The van der Waals surface area contributed by atoms with Crippen LogP contribution in [0, 0.1) is 5.41 Å². The molecular formula is C15H21NO2. The smallest absolute Gasteiger partial charge is 0.230 e. The molecule has 98 valence electrons. The fourth-order valence-electron chi connectivity index (χ4n) is 2.13. The zero-order chi connectivity index (χ0) is 13.2. The van der Waals surface area contributed by atoms with Crippen molar-refractivity contribution in [3.05, 3.63) is 35.9 Å². The van der Waals surface area contributed by atoms with Crippen LogP contribution in [0.4, 0.5) is 0 Å². The van der Waals surface area contributed by atoms with Gasteiger partial charge in [0.05, 0.1) is 12.6 Å². The summed E-state index contributed by atoms with van der Waals surface area (Å²) in [5.74, 6) is 0.177. The second kappa shape index (κ2) is 5.11. The molecule has 0 spiro atoms. The highest BCUT2D eigenvalue weighted by molar-refractivity contribution is 5.82. The fraction of sp³-hybridized carbons (Fsp3) is 0.533. The van der Waals surface area contributed by atoms with E-state index in [2.05, 4.69) is 12.1 Å². The number of hydrogen-bond acceptors (Lipinski definition) is 2. The minimum atomic E-state index is -0.319. The molecule has 18 heavy (non-hydrogen) atoms.